The summed E-state index contributed by atoms with van der Waals surface area (Å²) in [7, 11) is -2.60. The number of nitrogens with one attached hydrogen (secondary N) is 1. The maximum Gasteiger partial charge on any atom is 0.312 e. The molecule has 5 rings (SSSR count). The Morgan fingerprint density at radius 2 is 1.81 bits per heavy atom. The van der Waals surface area contributed by atoms with E-state index in [4.69, 9.17) is 24.5 Å². The van der Waals surface area contributed by atoms with E-state index in [-0.39, 0.29) is 41.5 Å². The second-order valence-electron chi connectivity index (χ2n) is 8.21. The van der Waals surface area contributed by atoms with Crippen molar-refractivity contribution in [3.8, 4) is 46.0 Å². The van der Waals surface area contributed by atoms with Crippen LogP contribution in [0.1, 0.15) is 5.56 Å². The van der Waals surface area contributed by atoms with Gasteiger partial charge >= 0.3 is 10.1 Å². The highest BCUT2D eigenvalue weighted by Gasteiger charge is 2.20. The van der Waals surface area contributed by atoms with Gasteiger partial charge in [-0.3, -0.25) is 9.54 Å². The Balaban J connectivity index is 0.000000310. The van der Waals surface area contributed by atoms with Crippen LogP contribution in [0.3, 0.4) is 0 Å². The zero-order chi connectivity index (χ0) is 30.1. The average molecular weight is 596 g/mol. The molecule has 0 bridgehead atoms. The van der Waals surface area contributed by atoms with Gasteiger partial charge in [0.1, 0.15) is 12.3 Å². The van der Waals surface area contributed by atoms with Gasteiger partial charge in [-0.15, -0.1) is 10.2 Å². The van der Waals surface area contributed by atoms with Crippen LogP contribution < -0.4 is 19.9 Å². The molecule has 0 radical (unpaired) electrons. The monoisotopic (exact) mass is 595 g/mol. The summed E-state index contributed by atoms with van der Waals surface area (Å²) in [5.74, 6) is 1.71. The smallest absolute Gasteiger partial charge is 0.312 e. The largest absolute Gasteiger partial charge is 0.493 e. The van der Waals surface area contributed by atoms with Crippen LogP contribution in [0.4, 0.5) is 5.82 Å². The first-order valence-corrected chi connectivity index (χ1v) is 13.5. The molecule has 0 saturated heterocycles. The van der Waals surface area contributed by atoms with E-state index >= 15 is 0 Å². The van der Waals surface area contributed by atoms with Gasteiger partial charge in [0.2, 0.25) is 11.6 Å². The average Bonchev–Trinajstić information content (AvgIpc) is 3.53. The SMILES string of the molecule is COc1ccccc1Oc1c(N)nc(-c2ccnc(-c3nn[nH]n3)c2)nc1OCCO.Cc1ccc(S(=O)(=O)O)nc1. The number of aliphatic hydroxyl groups is 1. The number of benzene rings is 1. The van der Waals surface area contributed by atoms with Gasteiger partial charge in [0.15, 0.2) is 28.2 Å². The number of tetrazole rings is 1. The molecule has 5 aromatic rings. The highest BCUT2D eigenvalue weighted by Crippen LogP contribution is 2.39. The van der Waals surface area contributed by atoms with Crippen molar-refractivity contribution in [3.05, 3.63) is 66.5 Å². The van der Waals surface area contributed by atoms with Gasteiger partial charge in [-0.2, -0.15) is 18.6 Å². The number of pyridine rings is 2. The second kappa shape index (κ2) is 13.4. The summed E-state index contributed by atoms with van der Waals surface area (Å²) in [5, 5.41) is 22.6. The van der Waals surface area contributed by atoms with E-state index in [2.05, 4.69) is 40.6 Å². The number of aromatic amines is 1. The number of nitrogens with two attached hydrogens (primary N) is 1. The number of rotatable bonds is 9. The maximum atomic E-state index is 10.4. The Kier molecular flexibility index (Phi) is 9.48. The first-order valence-electron chi connectivity index (χ1n) is 12.0. The number of aromatic nitrogens is 8. The Bertz CT molecular complexity index is 1740. The van der Waals surface area contributed by atoms with Crippen LogP contribution in [0, 0.1) is 6.92 Å². The van der Waals surface area contributed by atoms with E-state index in [1.165, 1.54) is 19.4 Å². The number of H-pyrrole nitrogens is 1. The minimum absolute atomic E-state index is 0.0113. The standard InChI is InChI=1S/C19H18N8O4.C6H7NO3S/c1-29-13-4-2-3-5-14(13)31-15-16(20)22-17(23-19(15)30-9-8-28)11-6-7-21-12(10-11)18-24-26-27-25-18;1-5-2-3-6(7-4-5)11(8,9)10/h2-7,10,28H,8-9H2,1H3,(H2,20,22,23)(H,24,25,26,27);2-4H,1H3,(H,8,9,10). The third kappa shape index (κ3) is 7.47. The molecular weight excluding hydrogens is 570 g/mol. The minimum Gasteiger partial charge on any atom is -0.493 e. The molecule has 0 saturated carbocycles. The lowest BCUT2D eigenvalue weighted by molar-refractivity contribution is 0.192. The van der Waals surface area contributed by atoms with Crippen LogP contribution in [0.15, 0.2) is 66.0 Å². The van der Waals surface area contributed by atoms with Crippen molar-refractivity contribution >= 4 is 15.9 Å². The van der Waals surface area contributed by atoms with Crippen LogP contribution in [0.5, 0.6) is 23.1 Å². The van der Waals surface area contributed by atoms with E-state index in [1.54, 1.807) is 49.5 Å². The molecule has 0 aliphatic heterocycles. The molecule has 4 aromatic heterocycles. The van der Waals surface area contributed by atoms with E-state index in [1.807, 2.05) is 6.07 Å². The molecule has 1 aromatic carbocycles. The third-order valence-electron chi connectivity index (χ3n) is 5.21. The number of methoxy groups -OCH3 is 1. The van der Waals surface area contributed by atoms with Crippen LogP contribution in [-0.4, -0.2) is 79.0 Å². The number of aryl methyl sites for hydroxylation is 1. The first-order chi connectivity index (χ1) is 20.2. The maximum absolute atomic E-state index is 10.4. The molecule has 0 fully saturated rings. The van der Waals surface area contributed by atoms with Crippen molar-refractivity contribution in [2.75, 3.05) is 26.1 Å². The summed E-state index contributed by atoms with van der Waals surface area (Å²) < 4.78 is 46.2. The molecule has 0 amide bonds. The molecule has 0 aliphatic carbocycles. The highest BCUT2D eigenvalue weighted by molar-refractivity contribution is 7.85. The lowest BCUT2D eigenvalue weighted by Crippen LogP contribution is -2.08. The summed E-state index contributed by atoms with van der Waals surface area (Å²) in [4.78, 5) is 16.5. The summed E-state index contributed by atoms with van der Waals surface area (Å²) in [6, 6.07) is 13.3. The minimum atomic E-state index is -4.13. The molecule has 0 aliphatic rings. The fraction of sp³-hybridized carbons (Fsp3) is 0.160. The molecule has 4 heterocycles. The Morgan fingerprint density at radius 3 is 2.45 bits per heavy atom. The summed E-state index contributed by atoms with van der Waals surface area (Å²) in [5.41, 5.74) is 8.10. The number of anilines is 1. The Hall–Kier alpha value is -5.26. The van der Waals surface area contributed by atoms with Gasteiger partial charge in [-0.05, 0) is 48.0 Å². The van der Waals surface area contributed by atoms with Crippen molar-refractivity contribution in [3.63, 3.8) is 0 Å². The van der Waals surface area contributed by atoms with Gasteiger partial charge in [0.05, 0.1) is 13.7 Å². The number of hydrogen-bond donors (Lipinski definition) is 4. The number of aliphatic hydroxyl groups excluding tert-OH is 1. The second-order valence-corrected chi connectivity index (χ2v) is 9.57. The fourth-order valence-corrected chi connectivity index (χ4v) is 3.72. The Morgan fingerprint density at radius 1 is 1.02 bits per heavy atom. The molecule has 42 heavy (non-hydrogen) atoms. The van der Waals surface area contributed by atoms with Crippen LogP contribution in [0.25, 0.3) is 22.9 Å². The zero-order valence-corrected chi connectivity index (χ0v) is 23.1. The van der Waals surface area contributed by atoms with E-state index in [0.717, 1.165) is 5.56 Å². The van der Waals surface area contributed by atoms with Crippen molar-refractivity contribution in [2.24, 2.45) is 0 Å². The first kappa shape index (κ1) is 29.7. The van der Waals surface area contributed by atoms with Gasteiger partial charge in [-0.25, -0.2) is 9.97 Å². The van der Waals surface area contributed by atoms with Crippen LogP contribution in [-0.2, 0) is 10.1 Å². The van der Waals surface area contributed by atoms with Gasteiger partial charge in [-0.1, -0.05) is 18.2 Å². The topological polar surface area (TPSA) is 234 Å². The predicted molar refractivity (Wildman–Crippen MR) is 147 cm³/mol. The molecule has 0 unspecified atom stereocenters. The number of ether oxygens (including phenoxy) is 3. The molecule has 16 nitrogen and oxygen atoms in total. The predicted octanol–water partition coefficient (Wildman–Crippen LogP) is 2.11. The normalized spacial score (nSPS) is 10.9. The number of para-hydroxylation sites is 2. The quantitative estimate of drug-likeness (QED) is 0.179. The summed E-state index contributed by atoms with van der Waals surface area (Å²) >= 11 is 0. The van der Waals surface area contributed by atoms with E-state index in [9.17, 15) is 13.5 Å². The van der Waals surface area contributed by atoms with Crippen molar-refractivity contribution in [1.82, 2.24) is 40.6 Å². The van der Waals surface area contributed by atoms with Gasteiger partial charge in [0, 0.05) is 18.0 Å². The number of nitrogen functional groups attached to an aromatic ring is 1. The molecule has 0 spiro atoms. The summed E-state index contributed by atoms with van der Waals surface area (Å²) in [6.45, 7) is 1.55. The lowest BCUT2D eigenvalue weighted by atomic mass is 10.2. The molecule has 5 N–H and O–H groups in total. The lowest BCUT2D eigenvalue weighted by Gasteiger charge is -2.15. The zero-order valence-electron chi connectivity index (χ0n) is 22.2. The Labute approximate surface area is 239 Å². The highest BCUT2D eigenvalue weighted by atomic mass is 32.2. The van der Waals surface area contributed by atoms with Crippen molar-refractivity contribution in [1.29, 1.82) is 0 Å². The molecule has 218 valence electrons. The van der Waals surface area contributed by atoms with E-state index < -0.39 is 10.1 Å². The van der Waals surface area contributed by atoms with Crippen LogP contribution >= 0.6 is 0 Å². The molecular formula is C25H25N9O7S. The van der Waals surface area contributed by atoms with Crippen molar-refractivity contribution < 1.29 is 32.3 Å². The van der Waals surface area contributed by atoms with Crippen LogP contribution in [0.2, 0.25) is 0 Å². The van der Waals surface area contributed by atoms with Gasteiger partial charge in [0.25, 0.3) is 5.88 Å². The summed E-state index contributed by atoms with van der Waals surface area (Å²) in [6.07, 6.45) is 2.94. The fourth-order valence-electron chi connectivity index (χ4n) is 3.29. The number of hydrogen-bond acceptors (Lipinski definition) is 14. The third-order valence-corrected chi connectivity index (χ3v) is 5.98. The van der Waals surface area contributed by atoms with Crippen molar-refractivity contribution in [2.45, 2.75) is 11.9 Å². The van der Waals surface area contributed by atoms with E-state index in [0.29, 0.717) is 28.6 Å². The van der Waals surface area contributed by atoms with Gasteiger partial charge < -0.3 is 25.1 Å². The molecule has 0 atom stereocenters. The number of nitrogens with zero attached hydrogens (tertiary/aromatic N) is 7. The molecule has 17 heteroatoms.